The highest BCUT2D eigenvalue weighted by Gasteiger charge is 2.09. The molecule has 2 heterocycles. The maximum absolute atomic E-state index is 10.5. The molecule has 17 heavy (non-hydrogen) atoms. The van der Waals surface area contributed by atoms with Crippen LogP contribution in [0.25, 0.3) is 0 Å². The number of hydrogen-bond acceptors (Lipinski definition) is 6. The lowest BCUT2D eigenvalue weighted by Gasteiger charge is -2.02. The van der Waals surface area contributed by atoms with Crippen molar-refractivity contribution in [3.8, 4) is 0 Å². The Hall–Kier alpha value is -1.96. The Morgan fingerprint density at radius 2 is 2.35 bits per heavy atom. The molecule has 0 aromatic carbocycles. The smallest absolute Gasteiger partial charge is 0.313 e. The molecule has 0 atom stereocenters. The monoisotopic (exact) mass is 251 g/mol. The zero-order valence-corrected chi connectivity index (χ0v) is 9.54. The van der Waals surface area contributed by atoms with Crippen LogP contribution >= 0.6 is 11.8 Å². The fraction of sp³-hybridized carbons (Fsp3) is 0.222. The number of aliphatic carboxylic acids is 1. The number of carboxylic acid groups (broad SMARTS) is 1. The highest BCUT2D eigenvalue weighted by molar-refractivity contribution is 7.99. The number of nitrogens with zero attached hydrogens (tertiary/aromatic N) is 5. The van der Waals surface area contributed by atoms with Gasteiger partial charge in [-0.15, -0.1) is 5.10 Å². The van der Waals surface area contributed by atoms with Crippen LogP contribution in [0.3, 0.4) is 0 Å². The van der Waals surface area contributed by atoms with Crippen molar-refractivity contribution >= 4 is 17.7 Å². The molecule has 0 radical (unpaired) electrons. The standard InChI is InChI=1S/C9H9N5O2S/c15-8(16)6-17-9-11-12-13-14(9)5-7-3-1-2-4-10-7/h1-4H,5-6H2,(H,15,16). The summed E-state index contributed by atoms with van der Waals surface area (Å²) >= 11 is 1.08. The Kier molecular flexibility index (Phi) is 3.66. The van der Waals surface area contributed by atoms with E-state index in [1.54, 1.807) is 6.20 Å². The molecule has 0 saturated heterocycles. The summed E-state index contributed by atoms with van der Waals surface area (Å²) in [6.07, 6.45) is 1.68. The molecule has 0 spiro atoms. The molecular formula is C9H9N5O2S. The highest BCUT2D eigenvalue weighted by atomic mass is 32.2. The summed E-state index contributed by atoms with van der Waals surface area (Å²) in [5.74, 6) is -0.967. The molecule has 0 fully saturated rings. The number of tetrazole rings is 1. The topological polar surface area (TPSA) is 93.8 Å². The van der Waals surface area contributed by atoms with E-state index in [1.807, 2.05) is 18.2 Å². The summed E-state index contributed by atoms with van der Waals surface area (Å²) in [6.45, 7) is 0.426. The van der Waals surface area contributed by atoms with E-state index in [-0.39, 0.29) is 5.75 Å². The quantitative estimate of drug-likeness (QED) is 0.763. The zero-order chi connectivity index (χ0) is 12.1. The first kappa shape index (κ1) is 11.5. The molecule has 8 heteroatoms. The van der Waals surface area contributed by atoms with E-state index in [4.69, 9.17) is 5.11 Å². The van der Waals surface area contributed by atoms with Gasteiger partial charge in [-0.25, -0.2) is 4.68 Å². The third-order valence-electron chi connectivity index (χ3n) is 1.86. The Labute approximate surface area is 101 Å². The number of carboxylic acids is 1. The van der Waals surface area contributed by atoms with Crippen molar-refractivity contribution in [3.05, 3.63) is 30.1 Å². The zero-order valence-electron chi connectivity index (χ0n) is 8.72. The molecule has 88 valence electrons. The van der Waals surface area contributed by atoms with Gasteiger partial charge in [-0.3, -0.25) is 9.78 Å². The van der Waals surface area contributed by atoms with Gasteiger partial charge in [-0.2, -0.15) is 0 Å². The largest absolute Gasteiger partial charge is 0.481 e. The van der Waals surface area contributed by atoms with Gasteiger partial charge in [0.2, 0.25) is 5.16 Å². The van der Waals surface area contributed by atoms with Crippen molar-refractivity contribution in [2.75, 3.05) is 5.75 Å². The van der Waals surface area contributed by atoms with Gasteiger partial charge in [0.1, 0.15) is 0 Å². The third-order valence-corrected chi connectivity index (χ3v) is 2.80. The van der Waals surface area contributed by atoms with Gasteiger partial charge in [-0.05, 0) is 22.6 Å². The lowest BCUT2D eigenvalue weighted by Crippen LogP contribution is -2.07. The molecule has 1 N–H and O–H groups in total. The first-order chi connectivity index (χ1) is 8.25. The van der Waals surface area contributed by atoms with Crippen LogP contribution in [0.5, 0.6) is 0 Å². The summed E-state index contributed by atoms with van der Waals surface area (Å²) in [7, 11) is 0. The number of carbonyl (C=O) groups is 1. The Morgan fingerprint density at radius 3 is 3.06 bits per heavy atom. The summed E-state index contributed by atoms with van der Waals surface area (Å²) in [5, 5.41) is 20.1. The van der Waals surface area contributed by atoms with Gasteiger partial charge in [0.15, 0.2) is 0 Å². The molecule has 0 aliphatic carbocycles. The number of hydrogen-bond donors (Lipinski definition) is 1. The van der Waals surface area contributed by atoms with Crippen molar-refractivity contribution in [1.29, 1.82) is 0 Å². The van der Waals surface area contributed by atoms with E-state index in [0.29, 0.717) is 11.7 Å². The van der Waals surface area contributed by atoms with E-state index < -0.39 is 5.97 Å². The Morgan fingerprint density at radius 1 is 1.47 bits per heavy atom. The van der Waals surface area contributed by atoms with Crippen molar-refractivity contribution in [2.45, 2.75) is 11.7 Å². The second kappa shape index (κ2) is 5.39. The normalized spacial score (nSPS) is 10.4. The van der Waals surface area contributed by atoms with Crippen LogP contribution in [0.2, 0.25) is 0 Å². The van der Waals surface area contributed by atoms with Gasteiger partial charge in [0, 0.05) is 6.20 Å². The van der Waals surface area contributed by atoms with E-state index >= 15 is 0 Å². The number of pyridine rings is 1. The average molecular weight is 251 g/mol. The van der Waals surface area contributed by atoms with Crippen LogP contribution in [0.1, 0.15) is 5.69 Å². The van der Waals surface area contributed by atoms with Crippen LogP contribution in [0, 0.1) is 0 Å². The second-order valence-electron chi connectivity index (χ2n) is 3.12. The predicted octanol–water partition coefficient (Wildman–Crippen LogP) is 0.293. The number of thioether (sulfide) groups is 1. The molecule has 2 aromatic rings. The van der Waals surface area contributed by atoms with Gasteiger partial charge >= 0.3 is 5.97 Å². The molecule has 0 bridgehead atoms. The van der Waals surface area contributed by atoms with E-state index in [9.17, 15) is 4.79 Å². The first-order valence-electron chi connectivity index (χ1n) is 4.76. The number of aromatic nitrogens is 5. The fourth-order valence-electron chi connectivity index (χ4n) is 1.17. The van der Waals surface area contributed by atoms with Gasteiger partial charge < -0.3 is 5.11 Å². The molecule has 7 nitrogen and oxygen atoms in total. The van der Waals surface area contributed by atoms with E-state index in [0.717, 1.165) is 17.5 Å². The van der Waals surface area contributed by atoms with Crippen LogP contribution in [-0.4, -0.2) is 42.0 Å². The van der Waals surface area contributed by atoms with Crippen molar-refractivity contribution in [3.63, 3.8) is 0 Å². The summed E-state index contributed by atoms with van der Waals surface area (Å²) in [4.78, 5) is 14.6. The van der Waals surface area contributed by atoms with Crippen LogP contribution in [0.15, 0.2) is 29.6 Å². The molecule has 2 aromatic heterocycles. The Bertz CT molecular complexity index is 501. The maximum Gasteiger partial charge on any atom is 0.313 e. The highest BCUT2D eigenvalue weighted by Crippen LogP contribution is 2.13. The van der Waals surface area contributed by atoms with E-state index in [1.165, 1.54) is 4.68 Å². The molecule has 0 unspecified atom stereocenters. The molecule has 0 aliphatic rings. The van der Waals surface area contributed by atoms with Crippen LogP contribution in [-0.2, 0) is 11.3 Å². The fourth-order valence-corrected chi connectivity index (χ4v) is 1.77. The Balaban J connectivity index is 2.06. The van der Waals surface area contributed by atoms with E-state index in [2.05, 4.69) is 20.5 Å². The van der Waals surface area contributed by atoms with Gasteiger partial charge in [-0.1, -0.05) is 17.8 Å². The van der Waals surface area contributed by atoms with Crippen molar-refractivity contribution in [1.82, 2.24) is 25.2 Å². The first-order valence-corrected chi connectivity index (χ1v) is 5.75. The molecule has 0 saturated carbocycles. The maximum atomic E-state index is 10.5. The summed E-state index contributed by atoms with van der Waals surface area (Å²) < 4.78 is 1.52. The average Bonchev–Trinajstić information content (AvgIpc) is 2.75. The summed E-state index contributed by atoms with van der Waals surface area (Å²) in [5.41, 5.74) is 0.817. The van der Waals surface area contributed by atoms with Crippen molar-refractivity contribution in [2.24, 2.45) is 0 Å². The SMILES string of the molecule is O=C(O)CSc1nnnn1Cc1ccccn1. The van der Waals surface area contributed by atoms with Gasteiger partial charge in [0.05, 0.1) is 18.0 Å². The van der Waals surface area contributed by atoms with Gasteiger partial charge in [0.25, 0.3) is 0 Å². The minimum absolute atomic E-state index is 0.0669. The molecule has 0 amide bonds. The third kappa shape index (κ3) is 3.25. The van der Waals surface area contributed by atoms with Crippen LogP contribution in [0.4, 0.5) is 0 Å². The van der Waals surface area contributed by atoms with Crippen molar-refractivity contribution < 1.29 is 9.90 Å². The minimum Gasteiger partial charge on any atom is -0.481 e. The minimum atomic E-state index is -0.901. The van der Waals surface area contributed by atoms with Crippen LogP contribution < -0.4 is 0 Å². The second-order valence-corrected chi connectivity index (χ2v) is 4.07. The predicted molar refractivity (Wildman–Crippen MR) is 59.5 cm³/mol. The summed E-state index contributed by atoms with van der Waals surface area (Å²) in [6, 6.07) is 5.55. The molecular weight excluding hydrogens is 242 g/mol. The lowest BCUT2D eigenvalue weighted by molar-refractivity contribution is -0.133. The number of rotatable bonds is 5. The molecule has 0 aliphatic heterocycles. The lowest BCUT2D eigenvalue weighted by atomic mass is 10.3. The molecule has 2 rings (SSSR count).